The molecule has 6 heteroatoms. The minimum Gasteiger partial charge on any atom is -0.390 e. The van der Waals surface area contributed by atoms with Gasteiger partial charge in [-0.05, 0) is 19.1 Å². The van der Waals surface area contributed by atoms with Crippen molar-refractivity contribution < 1.29 is 5.11 Å². The maximum absolute atomic E-state index is 9.60. The number of hydrogen-bond donors (Lipinski definition) is 1. The SMILES string of the molecule is Cc1ccc(-c2nnn(C[Si](C)(C)C)c2CO)cn1. The molecule has 0 unspecified atom stereocenters. The van der Waals surface area contributed by atoms with Gasteiger partial charge in [0.1, 0.15) is 5.69 Å². The van der Waals surface area contributed by atoms with Crippen LogP contribution in [0.2, 0.25) is 19.6 Å². The molecular weight excluding hydrogens is 256 g/mol. The zero-order chi connectivity index (χ0) is 14.0. The molecule has 2 aromatic rings. The monoisotopic (exact) mass is 276 g/mol. The molecule has 0 amide bonds. The Morgan fingerprint density at radius 3 is 2.53 bits per heavy atom. The van der Waals surface area contributed by atoms with E-state index in [2.05, 4.69) is 34.9 Å². The van der Waals surface area contributed by atoms with Crippen LogP contribution in [0.5, 0.6) is 0 Å². The molecule has 2 aromatic heterocycles. The summed E-state index contributed by atoms with van der Waals surface area (Å²) >= 11 is 0. The molecule has 0 radical (unpaired) electrons. The Balaban J connectivity index is 2.39. The predicted octanol–water partition coefficient (Wildman–Crippen LogP) is 2.02. The molecule has 0 fully saturated rings. The Hall–Kier alpha value is -1.53. The zero-order valence-corrected chi connectivity index (χ0v) is 12.9. The van der Waals surface area contributed by atoms with E-state index in [0.717, 1.165) is 28.8 Å². The quantitative estimate of drug-likeness (QED) is 0.868. The number of nitrogens with zero attached hydrogens (tertiary/aromatic N) is 4. The highest BCUT2D eigenvalue weighted by atomic mass is 28.3. The molecule has 0 atom stereocenters. The first-order valence-corrected chi connectivity index (χ1v) is 10.1. The van der Waals surface area contributed by atoms with Crippen molar-refractivity contribution in [3.63, 3.8) is 0 Å². The van der Waals surface area contributed by atoms with Crippen molar-refractivity contribution in [3.8, 4) is 11.3 Å². The molecule has 5 nitrogen and oxygen atoms in total. The van der Waals surface area contributed by atoms with E-state index < -0.39 is 8.07 Å². The molecule has 0 saturated heterocycles. The lowest BCUT2D eigenvalue weighted by Gasteiger charge is -2.16. The summed E-state index contributed by atoms with van der Waals surface area (Å²) in [5.41, 5.74) is 3.36. The number of aromatic nitrogens is 4. The van der Waals surface area contributed by atoms with Gasteiger partial charge >= 0.3 is 0 Å². The van der Waals surface area contributed by atoms with Gasteiger partial charge in [0.2, 0.25) is 0 Å². The molecule has 19 heavy (non-hydrogen) atoms. The largest absolute Gasteiger partial charge is 0.390 e. The number of aliphatic hydroxyl groups excluding tert-OH is 1. The minimum absolute atomic E-state index is 0.0549. The van der Waals surface area contributed by atoms with Crippen LogP contribution >= 0.6 is 0 Å². The van der Waals surface area contributed by atoms with Crippen LogP contribution < -0.4 is 0 Å². The lowest BCUT2D eigenvalue weighted by Crippen LogP contribution is -2.29. The van der Waals surface area contributed by atoms with Crippen molar-refractivity contribution in [1.82, 2.24) is 20.0 Å². The van der Waals surface area contributed by atoms with Gasteiger partial charge in [0.25, 0.3) is 0 Å². The second-order valence-electron chi connectivity index (χ2n) is 5.95. The van der Waals surface area contributed by atoms with E-state index in [1.165, 1.54) is 0 Å². The summed E-state index contributed by atoms with van der Waals surface area (Å²) in [6, 6.07) is 3.90. The van der Waals surface area contributed by atoms with E-state index in [1.54, 1.807) is 6.20 Å². The molecule has 0 aliphatic heterocycles. The highest BCUT2D eigenvalue weighted by Gasteiger charge is 2.20. The summed E-state index contributed by atoms with van der Waals surface area (Å²) in [7, 11) is -1.31. The predicted molar refractivity (Wildman–Crippen MR) is 77.3 cm³/mol. The van der Waals surface area contributed by atoms with Crippen LogP contribution in [0.3, 0.4) is 0 Å². The van der Waals surface area contributed by atoms with E-state index in [4.69, 9.17) is 0 Å². The van der Waals surface area contributed by atoms with Crippen LogP contribution in [-0.4, -0.2) is 33.2 Å². The first kappa shape index (κ1) is 13.9. The van der Waals surface area contributed by atoms with Crippen molar-refractivity contribution in [1.29, 1.82) is 0 Å². The molecule has 0 saturated carbocycles. The molecule has 102 valence electrons. The first-order valence-electron chi connectivity index (χ1n) is 6.37. The van der Waals surface area contributed by atoms with Crippen LogP contribution in [0.15, 0.2) is 18.3 Å². The summed E-state index contributed by atoms with van der Waals surface area (Å²) in [6.45, 7) is 8.69. The summed E-state index contributed by atoms with van der Waals surface area (Å²) < 4.78 is 1.83. The topological polar surface area (TPSA) is 63.8 Å². The molecule has 0 aromatic carbocycles. The average Bonchev–Trinajstić information content (AvgIpc) is 2.70. The Morgan fingerprint density at radius 1 is 1.26 bits per heavy atom. The van der Waals surface area contributed by atoms with Gasteiger partial charge in [-0.3, -0.25) is 4.98 Å². The van der Waals surface area contributed by atoms with E-state index in [0.29, 0.717) is 0 Å². The molecule has 0 aliphatic rings. The van der Waals surface area contributed by atoms with E-state index >= 15 is 0 Å². The number of hydrogen-bond acceptors (Lipinski definition) is 4. The summed E-state index contributed by atoms with van der Waals surface area (Å²) in [4.78, 5) is 4.26. The van der Waals surface area contributed by atoms with Crippen LogP contribution in [0.4, 0.5) is 0 Å². The Bertz CT molecular complexity index is 557. The molecule has 2 heterocycles. The number of pyridine rings is 1. The lowest BCUT2D eigenvalue weighted by molar-refractivity contribution is 0.270. The van der Waals surface area contributed by atoms with Gasteiger partial charge in [0.15, 0.2) is 0 Å². The number of aryl methyl sites for hydroxylation is 1. The zero-order valence-electron chi connectivity index (χ0n) is 11.9. The smallest absolute Gasteiger partial charge is 0.120 e. The third-order valence-corrected chi connectivity index (χ3v) is 4.04. The molecule has 2 rings (SSSR count). The Kier molecular flexibility index (Phi) is 3.82. The van der Waals surface area contributed by atoms with Gasteiger partial charge in [-0.1, -0.05) is 24.9 Å². The van der Waals surface area contributed by atoms with Gasteiger partial charge in [-0.2, -0.15) is 0 Å². The fourth-order valence-corrected chi connectivity index (χ4v) is 3.05. The summed E-state index contributed by atoms with van der Waals surface area (Å²) in [5, 5.41) is 18.0. The van der Waals surface area contributed by atoms with Crippen molar-refractivity contribution in [3.05, 3.63) is 29.7 Å². The summed E-state index contributed by atoms with van der Waals surface area (Å²) in [5.74, 6) is 0. The second-order valence-corrected chi connectivity index (χ2v) is 11.4. The lowest BCUT2D eigenvalue weighted by atomic mass is 10.1. The number of rotatable bonds is 4. The van der Waals surface area contributed by atoms with Crippen LogP contribution in [0, 0.1) is 6.92 Å². The highest BCUT2D eigenvalue weighted by molar-refractivity contribution is 6.74. The van der Waals surface area contributed by atoms with Gasteiger partial charge in [0.05, 0.1) is 20.4 Å². The first-order chi connectivity index (χ1) is 8.90. The maximum atomic E-state index is 9.60. The van der Waals surface area contributed by atoms with Gasteiger partial charge in [-0.15, -0.1) is 5.10 Å². The van der Waals surface area contributed by atoms with Crippen LogP contribution in [-0.2, 0) is 12.8 Å². The standard InChI is InChI=1S/C13H20N4OSi/c1-10-5-6-11(7-14-10)13-12(8-18)17(16-15-13)9-19(2,3)4/h5-7,18H,8-9H2,1-4H3. The van der Waals surface area contributed by atoms with E-state index in [9.17, 15) is 5.11 Å². The second kappa shape index (κ2) is 5.22. The van der Waals surface area contributed by atoms with Crippen molar-refractivity contribution in [2.45, 2.75) is 39.3 Å². The molecular formula is C13H20N4OSi. The highest BCUT2D eigenvalue weighted by Crippen LogP contribution is 2.21. The third kappa shape index (κ3) is 3.27. The normalized spacial score (nSPS) is 11.8. The van der Waals surface area contributed by atoms with E-state index in [-0.39, 0.29) is 6.61 Å². The summed E-state index contributed by atoms with van der Waals surface area (Å²) in [6.07, 6.45) is 2.63. The molecule has 0 bridgehead atoms. The Morgan fingerprint density at radius 2 is 2.00 bits per heavy atom. The van der Waals surface area contributed by atoms with Crippen molar-refractivity contribution >= 4 is 8.07 Å². The average molecular weight is 276 g/mol. The molecule has 0 aliphatic carbocycles. The molecule has 1 N–H and O–H groups in total. The number of aliphatic hydroxyl groups is 1. The van der Waals surface area contributed by atoms with Crippen LogP contribution in [0.1, 0.15) is 11.4 Å². The van der Waals surface area contributed by atoms with E-state index in [1.807, 2.05) is 23.7 Å². The van der Waals surface area contributed by atoms with Gasteiger partial charge < -0.3 is 5.11 Å². The van der Waals surface area contributed by atoms with Gasteiger partial charge in [0, 0.05) is 23.6 Å². The third-order valence-electron chi connectivity index (χ3n) is 2.80. The van der Waals surface area contributed by atoms with Crippen molar-refractivity contribution in [2.24, 2.45) is 0 Å². The Labute approximate surface area is 114 Å². The van der Waals surface area contributed by atoms with Crippen LogP contribution in [0.25, 0.3) is 11.3 Å². The van der Waals surface area contributed by atoms with Crippen molar-refractivity contribution in [2.75, 3.05) is 0 Å². The minimum atomic E-state index is -1.31. The molecule has 0 spiro atoms. The fourth-order valence-electron chi connectivity index (χ4n) is 1.90. The maximum Gasteiger partial charge on any atom is 0.120 e. The fraction of sp³-hybridized carbons (Fsp3) is 0.462. The van der Waals surface area contributed by atoms with Gasteiger partial charge in [-0.25, -0.2) is 4.68 Å².